The molecule has 0 bridgehead atoms. The zero-order valence-corrected chi connectivity index (χ0v) is 12.3. The lowest BCUT2D eigenvalue weighted by atomic mass is 9.87. The van der Waals surface area contributed by atoms with Gasteiger partial charge in [-0.1, -0.05) is 36.4 Å². The van der Waals surface area contributed by atoms with Crippen LogP contribution in [0.2, 0.25) is 0 Å². The molecule has 0 radical (unpaired) electrons. The summed E-state index contributed by atoms with van der Waals surface area (Å²) in [6.07, 6.45) is 6.55. The number of benzene rings is 1. The second-order valence-electron chi connectivity index (χ2n) is 5.33. The van der Waals surface area contributed by atoms with Gasteiger partial charge in [0.15, 0.2) is 0 Å². The molecule has 0 aromatic heterocycles. The third kappa shape index (κ3) is 3.10. The molecular formula is C16H17BrO2. The molecule has 100 valence electrons. The van der Waals surface area contributed by atoms with E-state index in [9.17, 15) is 5.11 Å². The lowest BCUT2D eigenvalue weighted by Gasteiger charge is -2.32. The van der Waals surface area contributed by atoms with Crippen molar-refractivity contribution in [2.24, 2.45) is 5.92 Å². The maximum Gasteiger partial charge on any atom is 0.145 e. The molecule has 2 nitrogen and oxygen atoms in total. The highest BCUT2D eigenvalue weighted by Gasteiger charge is 2.30. The van der Waals surface area contributed by atoms with Crippen molar-refractivity contribution in [3.63, 3.8) is 0 Å². The topological polar surface area (TPSA) is 29.5 Å². The van der Waals surface area contributed by atoms with Crippen molar-refractivity contribution in [3.05, 3.63) is 59.4 Å². The number of hydrogen-bond acceptors (Lipinski definition) is 2. The molecule has 19 heavy (non-hydrogen) atoms. The van der Waals surface area contributed by atoms with Gasteiger partial charge in [0.25, 0.3) is 0 Å². The Balaban J connectivity index is 1.68. The minimum Gasteiger partial charge on any atom is -0.493 e. The van der Waals surface area contributed by atoms with Crippen molar-refractivity contribution < 1.29 is 9.84 Å². The lowest BCUT2D eigenvalue weighted by Crippen LogP contribution is -2.26. The molecule has 0 saturated carbocycles. The van der Waals surface area contributed by atoms with Gasteiger partial charge in [-0.3, -0.25) is 0 Å². The third-order valence-electron chi connectivity index (χ3n) is 3.65. The molecule has 1 aliphatic heterocycles. The van der Waals surface area contributed by atoms with Gasteiger partial charge < -0.3 is 9.84 Å². The molecule has 2 atom stereocenters. The van der Waals surface area contributed by atoms with E-state index in [1.165, 1.54) is 11.1 Å². The Labute approximate surface area is 121 Å². The van der Waals surface area contributed by atoms with E-state index in [2.05, 4.69) is 46.3 Å². The zero-order valence-electron chi connectivity index (χ0n) is 10.7. The van der Waals surface area contributed by atoms with Crippen LogP contribution in [-0.4, -0.2) is 16.2 Å². The summed E-state index contributed by atoms with van der Waals surface area (Å²) >= 11 is 3.28. The van der Waals surface area contributed by atoms with Crippen LogP contribution in [0.5, 0.6) is 0 Å². The Bertz CT molecular complexity index is 517. The summed E-state index contributed by atoms with van der Waals surface area (Å²) in [7, 11) is 0. The second-order valence-corrected chi connectivity index (χ2v) is 6.70. The van der Waals surface area contributed by atoms with Gasteiger partial charge >= 0.3 is 0 Å². The van der Waals surface area contributed by atoms with Gasteiger partial charge in [0.1, 0.15) is 10.3 Å². The first-order chi connectivity index (χ1) is 9.12. The minimum absolute atomic E-state index is 0.521. The van der Waals surface area contributed by atoms with E-state index in [0.717, 1.165) is 25.2 Å². The summed E-state index contributed by atoms with van der Waals surface area (Å²) in [4.78, 5) is 0. The number of allylic oxidation sites excluding steroid dienone is 1. The Morgan fingerprint density at radius 2 is 2.11 bits per heavy atom. The molecule has 1 N–H and O–H groups in total. The summed E-state index contributed by atoms with van der Waals surface area (Å²) in [5.74, 6) is 1.36. The molecule has 0 amide bonds. The second kappa shape index (κ2) is 5.14. The summed E-state index contributed by atoms with van der Waals surface area (Å²) in [5, 5.41) is 9.93. The molecular weight excluding hydrogens is 304 g/mol. The van der Waals surface area contributed by atoms with Crippen molar-refractivity contribution in [3.8, 4) is 0 Å². The van der Waals surface area contributed by atoms with Crippen LogP contribution < -0.4 is 0 Å². The van der Waals surface area contributed by atoms with Gasteiger partial charge in [-0.2, -0.15) is 0 Å². The van der Waals surface area contributed by atoms with E-state index in [-0.39, 0.29) is 0 Å². The summed E-state index contributed by atoms with van der Waals surface area (Å²) in [6, 6.07) is 10.5. The van der Waals surface area contributed by atoms with E-state index >= 15 is 0 Å². The van der Waals surface area contributed by atoms with Gasteiger partial charge in [-0.15, -0.1) is 0 Å². The number of fused-ring (bicyclic) bond motifs is 1. The van der Waals surface area contributed by atoms with Crippen molar-refractivity contribution in [2.75, 3.05) is 6.61 Å². The van der Waals surface area contributed by atoms with Crippen LogP contribution in [-0.2, 0) is 11.2 Å². The van der Waals surface area contributed by atoms with Crippen LogP contribution in [0, 0.1) is 5.92 Å². The van der Waals surface area contributed by atoms with Crippen LogP contribution >= 0.6 is 15.9 Å². The molecule has 2 unspecified atom stereocenters. The molecule has 3 rings (SSSR count). The Morgan fingerprint density at radius 3 is 2.89 bits per heavy atom. The first-order valence-electron chi connectivity index (χ1n) is 6.63. The highest BCUT2D eigenvalue weighted by Crippen LogP contribution is 2.37. The average molecular weight is 321 g/mol. The average Bonchev–Trinajstić information content (AvgIpc) is 2.39. The minimum atomic E-state index is -0.932. The summed E-state index contributed by atoms with van der Waals surface area (Å²) in [5.41, 5.74) is 2.59. The number of alkyl halides is 1. The van der Waals surface area contributed by atoms with Crippen molar-refractivity contribution in [2.45, 2.75) is 23.8 Å². The third-order valence-corrected chi connectivity index (χ3v) is 4.21. The maximum atomic E-state index is 9.93. The number of hydrogen-bond donors (Lipinski definition) is 1. The van der Waals surface area contributed by atoms with Gasteiger partial charge in [0.05, 0.1) is 6.61 Å². The molecule has 1 saturated heterocycles. The van der Waals surface area contributed by atoms with Crippen LogP contribution in [0.25, 0.3) is 0 Å². The van der Waals surface area contributed by atoms with E-state index in [1.807, 2.05) is 6.07 Å². The summed E-state index contributed by atoms with van der Waals surface area (Å²) < 4.78 is 4.87. The smallest absolute Gasteiger partial charge is 0.145 e. The van der Waals surface area contributed by atoms with E-state index in [0.29, 0.717) is 12.3 Å². The fourth-order valence-corrected chi connectivity index (χ4v) is 3.06. The predicted octanol–water partition coefficient (Wildman–Crippen LogP) is 3.56. The van der Waals surface area contributed by atoms with Crippen LogP contribution in [0.4, 0.5) is 0 Å². The highest BCUT2D eigenvalue weighted by atomic mass is 79.9. The fraction of sp³-hybridized carbons (Fsp3) is 0.375. The van der Waals surface area contributed by atoms with E-state index in [1.54, 1.807) is 6.08 Å². The first-order valence-corrected chi connectivity index (χ1v) is 7.42. The Hall–Kier alpha value is -1.06. The molecule has 2 aliphatic rings. The number of halogens is 1. The van der Waals surface area contributed by atoms with Crippen LogP contribution in [0.15, 0.2) is 53.8 Å². The highest BCUT2D eigenvalue weighted by molar-refractivity contribution is 9.10. The number of rotatable bonds is 2. The Morgan fingerprint density at radius 1 is 1.32 bits per heavy atom. The standard InChI is InChI=1S/C16H17BrO2/c17-16(18)7-6-14-9-13(11-19-15(14)10-16)8-12-4-2-1-3-5-12/h1-6,10,13,18H,7-9,11H2. The predicted molar refractivity (Wildman–Crippen MR) is 78.9 cm³/mol. The quantitative estimate of drug-likeness (QED) is 0.844. The van der Waals surface area contributed by atoms with E-state index in [4.69, 9.17) is 4.74 Å². The summed E-state index contributed by atoms with van der Waals surface area (Å²) in [6.45, 7) is 0.723. The van der Waals surface area contributed by atoms with Gasteiger partial charge in [0.2, 0.25) is 0 Å². The van der Waals surface area contributed by atoms with Crippen molar-refractivity contribution in [1.29, 1.82) is 0 Å². The van der Waals surface area contributed by atoms with Gasteiger partial charge in [-0.05, 0) is 39.9 Å². The molecule has 3 heteroatoms. The molecule has 1 aliphatic carbocycles. The largest absolute Gasteiger partial charge is 0.493 e. The van der Waals surface area contributed by atoms with Gasteiger partial charge in [0, 0.05) is 18.4 Å². The molecule has 1 fully saturated rings. The fourth-order valence-electron chi connectivity index (χ4n) is 2.69. The monoisotopic (exact) mass is 320 g/mol. The molecule has 1 aromatic carbocycles. The van der Waals surface area contributed by atoms with Gasteiger partial charge in [-0.25, -0.2) is 0 Å². The Kier molecular flexibility index (Phi) is 3.50. The number of aliphatic hydroxyl groups is 1. The van der Waals surface area contributed by atoms with Crippen LogP contribution in [0.3, 0.4) is 0 Å². The number of ether oxygens (including phenoxy) is 1. The van der Waals surface area contributed by atoms with Crippen molar-refractivity contribution >= 4 is 15.9 Å². The van der Waals surface area contributed by atoms with Crippen LogP contribution in [0.1, 0.15) is 18.4 Å². The molecule has 0 spiro atoms. The first kappa shape index (κ1) is 12.9. The molecule has 1 heterocycles. The van der Waals surface area contributed by atoms with Crippen molar-refractivity contribution in [1.82, 2.24) is 0 Å². The lowest BCUT2D eigenvalue weighted by molar-refractivity contribution is 0.125. The molecule has 1 aromatic rings. The zero-order chi connectivity index (χ0) is 13.3. The normalized spacial score (nSPS) is 29.9. The maximum absolute atomic E-state index is 9.93. The van der Waals surface area contributed by atoms with E-state index < -0.39 is 4.51 Å². The SMILES string of the molecule is OC1(Br)C=C2OCC(Cc3ccccc3)CC2=CC1.